The molecule has 150 valence electrons. The van der Waals surface area contributed by atoms with E-state index in [0.29, 0.717) is 35.1 Å². The summed E-state index contributed by atoms with van der Waals surface area (Å²) in [6.45, 7) is 2.90. The van der Waals surface area contributed by atoms with Gasteiger partial charge in [0.05, 0.1) is 6.61 Å². The van der Waals surface area contributed by atoms with Crippen molar-refractivity contribution in [2.45, 2.75) is 13.3 Å². The number of carbonyl (C=O) groups is 1. The summed E-state index contributed by atoms with van der Waals surface area (Å²) in [6, 6.07) is 12.9. The molecule has 0 atom stereocenters. The van der Waals surface area contributed by atoms with Crippen LogP contribution in [0.25, 0.3) is 11.4 Å². The van der Waals surface area contributed by atoms with Crippen molar-refractivity contribution < 1.29 is 23.7 Å². The summed E-state index contributed by atoms with van der Waals surface area (Å²) in [7, 11) is 1.58. The van der Waals surface area contributed by atoms with Crippen LogP contribution in [0.15, 0.2) is 42.5 Å². The van der Waals surface area contributed by atoms with Gasteiger partial charge >= 0.3 is 6.01 Å². The number of hydrogen-bond donors (Lipinski definition) is 0. The highest BCUT2D eigenvalue weighted by molar-refractivity contribution is 5.97. The lowest BCUT2D eigenvalue weighted by molar-refractivity contribution is 0.0943. The van der Waals surface area contributed by atoms with Crippen molar-refractivity contribution in [2.24, 2.45) is 0 Å². The van der Waals surface area contributed by atoms with Crippen molar-refractivity contribution in [2.75, 3.05) is 27.1 Å². The second kappa shape index (κ2) is 8.32. The molecule has 3 aromatic rings. The molecule has 29 heavy (non-hydrogen) atoms. The SMILES string of the molecule is CCc1ccc(C(=O)n2nc(OCCOC)nc2-c2ccc3c(c2)OCO3)cc1. The topological polar surface area (TPSA) is 84.7 Å². The lowest BCUT2D eigenvalue weighted by atomic mass is 10.1. The van der Waals surface area contributed by atoms with Crippen LogP contribution in [0.2, 0.25) is 0 Å². The van der Waals surface area contributed by atoms with E-state index < -0.39 is 0 Å². The number of rotatable bonds is 7. The molecule has 0 spiro atoms. The molecule has 1 aliphatic rings. The molecular formula is C21H21N3O5. The van der Waals surface area contributed by atoms with Crippen molar-refractivity contribution in [3.63, 3.8) is 0 Å². The van der Waals surface area contributed by atoms with E-state index in [0.717, 1.165) is 12.0 Å². The number of aryl methyl sites for hydroxylation is 1. The molecule has 0 N–H and O–H groups in total. The van der Waals surface area contributed by atoms with Crippen molar-refractivity contribution >= 4 is 5.91 Å². The molecule has 0 saturated carbocycles. The molecule has 0 radical (unpaired) electrons. The van der Waals surface area contributed by atoms with Crippen LogP contribution in [0.4, 0.5) is 0 Å². The molecule has 0 aliphatic carbocycles. The summed E-state index contributed by atoms with van der Waals surface area (Å²) in [5.74, 6) is 1.31. The zero-order chi connectivity index (χ0) is 20.2. The Labute approximate surface area is 168 Å². The minimum Gasteiger partial charge on any atom is -0.460 e. The van der Waals surface area contributed by atoms with Gasteiger partial charge in [-0.15, -0.1) is 5.10 Å². The van der Waals surface area contributed by atoms with E-state index in [2.05, 4.69) is 17.0 Å². The summed E-state index contributed by atoms with van der Waals surface area (Å²) in [5, 5.41) is 4.28. The minimum atomic E-state index is -0.297. The first-order valence-corrected chi connectivity index (χ1v) is 9.32. The first-order chi connectivity index (χ1) is 14.2. The molecule has 0 amide bonds. The highest BCUT2D eigenvalue weighted by Gasteiger charge is 2.22. The third-order valence-electron chi connectivity index (χ3n) is 4.54. The highest BCUT2D eigenvalue weighted by atomic mass is 16.7. The van der Waals surface area contributed by atoms with Gasteiger partial charge in [-0.2, -0.15) is 9.67 Å². The predicted octanol–water partition coefficient (Wildman–Crippen LogP) is 2.95. The maximum atomic E-state index is 13.1. The Kier molecular flexibility index (Phi) is 5.44. The van der Waals surface area contributed by atoms with Crippen molar-refractivity contribution in [3.05, 3.63) is 53.6 Å². The van der Waals surface area contributed by atoms with Gasteiger partial charge in [-0.3, -0.25) is 4.79 Å². The van der Waals surface area contributed by atoms with Crippen molar-refractivity contribution in [1.29, 1.82) is 0 Å². The molecule has 8 heteroatoms. The molecule has 0 saturated heterocycles. The minimum absolute atomic E-state index is 0.105. The van der Waals surface area contributed by atoms with Gasteiger partial charge in [-0.25, -0.2) is 0 Å². The lowest BCUT2D eigenvalue weighted by Gasteiger charge is -2.06. The maximum absolute atomic E-state index is 13.1. The van der Waals surface area contributed by atoms with Gasteiger partial charge in [0.2, 0.25) is 6.79 Å². The fourth-order valence-electron chi connectivity index (χ4n) is 2.94. The second-order valence-corrected chi connectivity index (χ2v) is 6.39. The lowest BCUT2D eigenvalue weighted by Crippen LogP contribution is -2.15. The number of hydrogen-bond acceptors (Lipinski definition) is 7. The summed E-state index contributed by atoms with van der Waals surface area (Å²) >= 11 is 0. The molecule has 1 aromatic heterocycles. The second-order valence-electron chi connectivity index (χ2n) is 6.39. The van der Waals surface area contributed by atoms with Gasteiger partial charge in [0, 0.05) is 18.2 Å². The van der Waals surface area contributed by atoms with Gasteiger partial charge in [0.15, 0.2) is 17.3 Å². The summed E-state index contributed by atoms with van der Waals surface area (Å²) in [5.41, 5.74) is 2.33. The molecule has 0 fully saturated rings. The molecule has 8 nitrogen and oxygen atoms in total. The van der Waals surface area contributed by atoms with Gasteiger partial charge < -0.3 is 18.9 Å². The Morgan fingerprint density at radius 2 is 1.90 bits per heavy atom. The van der Waals surface area contributed by atoms with Crippen LogP contribution < -0.4 is 14.2 Å². The Bertz CT molecular complexity index is 1010. The Morgan fingerprint density at radius 1 is 1.10 bits per heavy atom. The van der Waals surface area contributed by atoms with E-state index in [1.807, 2.05) is 12.1 Å². The Balaban J connectivity index is 1.71. The zero-order valence-corrected chi connectivity index (χ0v) is 16.3. The average Bonchev–Trinajstić information content (AvgIpc) is 3.40. The molecule has 2 heterocycles. The average molecular weight is 395 g/mol. The monoisotopic (exact) mass is 395 g/mol. The van der Waals surface area contributed by atoms with Crippen LogP contribution >= 0.6 is 0 Å². The zero-order valence-electron chi connectivity index (χ0n) is 16.3. The summed E-state index contributed by atoms with van der Waals surface area (Å²) in [6.07, 6.45) is 0.901. The number of ether oxygens (including phenoxy) is 4. The fraction of sp³-hybridized carbons (Fsp3) is 0.286. The standard InChI is InChI=1S/C21H21N3O5/c1-3-14-4-6-15(7-5-14)20(25)24-19(22-21(23-24)27-11-10-26-2)16-8-9-17-18(12-16)29-13-28-17/h4-9,12H,3,10-11,13H2,1-2H3. The number of aromatic nitrogens is 3. The first-order valence-electron chi connectivity index (χ1n) is 9.32. The van der Waals surface area contributed by atoms with Gasteiger partial charge in [0.25, 0.3) is 5.91 Å². The fourth-order valence-corrected chi connectivity index (χ4v) is 2.94. The largest absolute Gasteiger partial charge is 0.460 e. The van der Waals surface area contributed by atoms with E-state index in [9.17, 15) is 4.79 Å². The smallest absolute Gasteiger partial charge is 0.336 e. The van der Waals surface area contributed by atoms with Gasteiger partial charge in [-0.1, -0.05) is 19.1 Å². The van der Waals surface area contributed by atoms with E-state index in [4.69, 9.17) is 18.9 Å². The summed E-state index contributed by atoms with van der Waals surface area (Å²) in [4.78, 5) is 17.6. The Hall–Kier alpha value is -3.39. The van der Waals surface area contributed by atoms with Crippen LogP contribution in [0, 0.1) is 0 Å². The summed E-state index contributed by atoms with van der Waals surface area (Å²) < 4.78 is 22.6. The van der Waals surface area contributed by atoms with E-state index in [1.54, 1.807) is 37.4 Å². The van der Waals surface area contributed by atoms with E-state index in [-0.39, 0.29) is 25.3 Å². The number of fused-ring (bicyclic) bond motifs is 1. The van der Waals surface area contributed by atoms with Crippen LogP contribution in [0.1, 0.15) is 22.8 Å². The number of benzene rings is 2. The normalized spacial score (nSPS) is 12.2. The number of carbonyl (C=O) groups excluding carboxylic acids is 1. The molecule has 0 unspecified atom stereocenters. The molecular weight excluding hydrogens is 374 g/mol. The Morgan fingerprint density at radius 3 is 2.66 bits per heavy atom. The highest BCUT2D eigenvalue weighted by Crippen LogP contribution is 2.35. The first kappa shape index (κ1) is 18.9. The third kappa shape index (κ3) is 3.93. The molecule has 4 rings (SSSR count). The third-order valence-corrected chi connectivity index (χ3v) is 4.54. The van der Waals surface area contributed by atoms with Gasteiger partial charge in [-0.05, 0) is 42.3 Å². The van der Waals surface area contributed by atoms with Crippen LogP contribution in [-0.4, -0.2) is 47.8 Å². The van der Waals surface area contributed by atoms with Crippen molar-refractivity contribution in [3.8, 4) is 28.9 Å². The molecule has 2 aromatic carbocycles. The van der Waals surface area contributed by atoms with Crippen molar-refractivity contribution in [1.82, 2.24) is 14.8 Å². The quantitative estimate of drug-likeness (QED) is 0.569. The van der Waals surface area contributed by atoms with Gasteiger partial charge in [0.1, 0.15) is 6.61 Å². The van der Waals surface area contributed by atoms with Crippen LogP contribution in [0.5, 0.6) is 17.5 Å². The number of methoxy groups -OCH3 is 1. The van der Waals surface area contributed by atoms with E-state index >= 15 is 0 Å². The van der Waals surface area contributed by atoms with Crippen LogP contribution in [-0.2, 0) is 11.2 Å². The van der Waals surface area contributed by atoms with Crippen LogP contribution in [0.3, 0.4) is 0 Å². The predicted molar refractivity (Wildman–Crippen MR) is 105 cm³/mol. The van der Waals surface area contributed by atoms with E-state index in [1.165, 1.54) is 4.68 Å². The number of nitrogens with zero attached hydrogens (tertiary/aromatic N) is 3. The molecule has 1 aliphatic heterocycles. The maximum Gasteiger partial charge on any atom is 0.336 e. The molecule has 0 bridgehead atoms.